The average Bonchev–Trinajstić information content (AvgIpc) is 2.18. The van der Waals surface area contributed by atoms with Crippen molar-refractivity contribution in [1.82, 2.24) is 5.43 Å². The van der Waals surface area contributed by atoms with E-state index in [0.29, 0.717) is 0 Å². The number of benzene rings is 1. The molecule has 0 aromatic heterocycles. The molecule has 15 heavy (non-hydrogen) atoms. The predicted molar refractivity (Wildman–Crippen MR) is 65.4 cm³/mol. The molecule has 0 aliphatic rings. The van der Waals surface area contributed by atoms with Gasteiger partial charge >= 0.3 is 0 Å². The number of nitrogens with one attached hydrogen (secondary N) is 1. The first-order valence-corrected chi connectivity index (χ1v) is 4.71. The van der Waals surface area contributed by atoms with Crippen LogP contribution in [0.4, 0.5) is 5.69 Å². The summed E-state index contributed by atoms with van der Waals surface area (Å²) in [6.45, 7) is 0. The monoisotopic (exact) mass is 241 g/mol. The molecule has 1 N–H and O–H groups in total. The number of nitro groups is 1. The van der Waals surface area contributed by atoms with Crippen molar-refractivity contribution in [2.75, 3.05) is 0 Å². The van der Waals surface area contributed by atoms with Crippen molar-refractivity contribution in [1.29, 1.82) is 0 Å². The summed E-state index contributed by atoms with van der Waals surface area (Å²) in [5, 5.41) is 14.1. The Kier molecular flexibility index (Phi) is 4.19. The second-order valence-corrected chi connectivity index (χ2v) is 3.68. The van der Waals surface area contributed by atoms with Gasteiger partial charge in [-0.05, 0) is 17.7 Å². The number of thiol groups is 1. The van der Waals surface area contributed by atoms with E-state index in [9.17, 15) is 10.1 Å². The van der Waals surface area contributed by atoms with Crippen LogP contribution in [0.3, 0.4) is 0 Å². The van der Waals surface area contributed by atoms with Gasteiger partial charge in [0, 0.05) is 12.1 Å². The van der Waals surface area contributed by atoms with E-state index in [4.69, 9.17) is 0 Å². The Morgan fingerprint density at radius 1 is 1.53 bits per heavy atom. The molecule has 0 spiro atoms. The van der Waals surface area contributed by atoms with Crippen LogP contribution in [-0.2, 0) is 0 Å². The molecule has 0 amide bonds. The lowest BCUT2D eigenvalue weighted by atomic mass is 10.2. The first kappa shape index (κ1) is 11.6. The first-order valence-electron chi connectivity index (χ1n) is 3.86. The maximum Gasteiger partial charge on any atom is 0.269 e. The molecule has 0 aliphatic heterocycles. The van der Waals surface area contributed by atoms with Crippen molar-refractivity contribution in [2.24, 2.45) is 5.10 Å². The highest BCUT2D eigenvalue weighted by Crippen LogP contribution is 2.10. The summed E-state index contributed by atoms with van der Waals surface area (Å²) in [6.07, 6.45) is 1.49. The zero-order valence-electron chi connectivity index (χ0n) is 7.45. The minimum atomic E-state index is -0.456. The van der Waals surface area contributed by atoms with Gasteiger partial charge in [-0.3, -0.25) is 15.5 Å². The second kappa shape index (κ2) is 5.42. The predicted octanol–water partition coefficient (Wildman–Crippen LogP) is 1.73. The molecule has 0 saturated carbocycles. The molecule has 0 radical (unpaired) electrons. The summed E-state index contributed by atoms with van der Waals surface area (Å²) >= 11 is 8.42. The molecule has 0 heterocycles. The third kappa shape index (κ3) is 4.05. The van der Waals surface area contributed by atoms with Crippen LogP contribution in [0.1, 0.15) is 5.56 Å². The average molecular weight is 241 g/mol. The van der Waals surface area contributed by atoms with E-state index < -0.39 is 4.92 Å². The molecular weight excluding hydrogens is 234 g/mol. The molecule has 78 valence electrons. The number of non-ortho nitro benzene ring substituents is 1. The fourth-order valence-corrected chi connectivity index (χ4v) is 0.955. The molecular formula is C8H7N3O2S2. The van der Waals surface area contributed by atoms with E-state index in [1.807, 2.05) is 0 Å². The number of hydrazone groups is 1. The molecule has 0 aliphatic carbocycles. The van der Waals surface area contributed by atoms with Crippen LogP contribution >= 0.6 is 24.8 Å². The van der Waals surface area contributed by atoms with Gasteiger partial charge in [-0.1, -0.05) is 12.2 Å². The van der Waals surface area contributed by atoms with Crippen molar-refractivity contribution < 1.29 is 4.92 Å². The van der Waals surface area contributed by atoms with E-state index in [1.165, 1.54) is 18.3 Å². The number of hydrogen-bond donors (Lipinski definition) is 2. The Labute approximate surface area is 96.7 Å². The standard InChI is InChI=1S/C8H7N3O2S2/c12-11(13)7-3-1-6(2-4-7)5-9-10-8(14)15/h1-5H,(H2,10,14,15)/b9-5-. The van der Waals surface area contributed by atoms with Crippen molar-refractivity contribution >= 4 is 41.1 Å². The maximum absolute atomic E-state index is 10.3. The van der Waals surface area contributed by atoms with E-state index in [1.54, 1.807) is 12.1 Å². The van der Waals surface area contributed by atoms with Crippen LogP contribution in [0.2, 0.25) is 0 Å². The van der Waals surface area contributed by atoms with Crippen molar-refractivity contribution in [3.63, 3.8) is 0 Å². The lowest BCUT2D eigenvalue weighted by Gasteiger charge is -1.94. The fourth-order valence-electron chi connectivity index (χ4n) is 0.844. The van der Waals surface area contributed by atoms with E-state index >= 15 is 0 Å². The SMILES string of the molecule is O=[N+]([O-])c1ccc(/C=N\NC(=S)S)cc1. The molecule has 1 aromatic rings. The van der Waals surface area contributed by atoms with Gasteiger partial charge in [-0.15, -0.1) is 12.6 Å². The Balaban J connectivity index is 2.68. The van der Waals surface area contributed by atoms with Gasteiger partial charge in [-0.2, -0.15) is 5.10 Å². The van der Waals surface area contributed by atoms with Gasteiger partial charge in [-0.25, -0.2) is 0 Å². The van der Waals surface area contributed by atoms with E-state index in [-0.39, 0.29) is 10.0 Å². The van der Waals surface area contributed by atoms with Gasteiger partial charge in [0.2, 0.25) is 0 Å². The molecule has 0 saturated heterocycles. The zero-order chi connectivity index (χ0) is 11.3. The highest BCUT2D eigenvalue weighted by Gasteiger charge is 2.02. The van der Waals surface area contributed by atoms with Crippen LogP contribution in [0.5, 0.6) is 0 Å². The van der Waals surface area contributed by atoms with Gasteiger partial charge in [0.25, 0.3) is 5.69 Å². The fraction of sp³-hybridized carbons (Fsp3) is 0. The lowest BCUT2D eigenvalue weighted by Crippen LogP contribution is -2.07. The third-order valence-electron chi connectivity index (χ3n) is 1.48. The number of hydrogen-bond acceptors (Lipinski definition) is 4. The van der Waals surface area contributed by atoms with Crippen LogP contribution in [0.15, 0.2) is 29.4 Å². The van der Waals surface area contributed by atoms with Crippen LogP contribution in [-0.4, -0.2) is 15.5 Å². The quantitative estimate of drug-likeness (QED) is 0.278. The summed E-state index contributed by atoms with van der Waals surface area (Å²) < 4.78 is 0.258. The molecule has 1 aromatic carbocycles. The molecule has 7 heteroatoms. The molecule has 5 nitrogen and oxygen atoms in total. The Morgan fingerprint density at radius 2 is 2.13 bits per heavy atom. The molecule has 0 atom stereocenters. The Morgan fingerprint density at radius 3 is 2.60 bits per heavy atom. The van der Waals surface area contributed by atoms with Crippen molar-refractivity contribution in [2.45, 2.75) is 0 Å². The summed E-state index contributed by atoms with van der Waals surface area (Å²) in [5.41, 5.74) is 3.24. The number of thiocarbonyl (C=S) groups is 1. The van der Waals surface area contributed by atoms with Crippen LogP contribution < -0.4 is 5.43 Å². The Bertz CT molecular complexity index is 403. The van der Waals surface area contributed by atoms with Gasteiger partial charge in [0.05, 0.1) is 11.1 Å². The van der Waals surface area contributed by atoms with Crippen LogP contribution in [0.25, 0.3) is 0 Å². The first-order chi connectivity index (χ1) is 7.09. The highest BCUT2D eigenvalue weighted by atomic mass is 32.1. The van der Waals surface area contributed by atoms with Gasteiger partial charge in [0.15, 0.2) is 4.32 Å². The molecule has 0 unspecified atom stereocenters. The zero-order valence-corrected chi connectivity index (χ0v) is 9.16. The number of rotatable bonds is 3. The largest absolute Gasteiger partial charge is 0.269 e. The summed E-state index contributed by atoms with van der Waals surface area (Å²) in [4.78, 5) is 9.89. The molecule has 0 bridgehead atoms. The summed E-state index contributed by atoms with van der Waals surface area (Å²) in [5.74, 6) is 0. The topological polar surface area (TPSA) is 67.5 Å². The van der Waals surface area contributed by atoms with Gasteiger partial charge in [0.1, 0.15) is 0 Å². The lowest BCUT2D eigenvalue weighted by molar-refractivity contribution is -0.384. The summed E-state index contributed by atoms with van der Waals surface area (Å²) in [6, 6.07) is 5.98. The molecule has 0 fully saturated rings. The minimum absolute atomic E-state index is 0.0461. The third-order valence-corrected chi connectivity index (χ3v) is 1.67. The second-order valence-electron chi connectivity index (χ2n) is 2.52. The maximum atomic E-state index is 10.3. The number of nitrogens with zero attached hydrogens (tertiary/aromatic N) is 2. The highest BCUT2D eigenvalue weighted by molar-refractivity contribution is 8.11. The minimum Gasteiger partial charge on any atom is -0.263 e. The normalized spacial score (nSPS) is 10.2. The Hall–Kier alpha value is -1.47. The number of nitro benzene ring substituents is 1. The molecule has 1 rings (SSSR count). The summed E-state index contributed by atoms with van der Waals surface area (Å²) in [7, 11) is 0. The smallest absolute Gasteiger partial charge is 0.263 e. The van der Waals surface area contributed by atoms with Crippen molar-refractivity contribution in [3.05, 3.63) is 39.9 Å². The van der Waals surface area contributed by atoms with E-state index in [0.717, 1.165) is 5.56 Å². The van der Waals surface area contributed by atoms with Crippen molar-refractivity contribution in [3.8, 4) is 0 Å². The van der Waals surface area contributed by atoms with Crippen LogP contribution in [0, 0.1) is 10.1 Å². The van der Waals surface area contributed by atoms with Gasteiger partial charge < -0.3 is 0 Å². The van der Waals surface area contributed by atoms with E-state index in [2.05, 4.69) is 35.4 Å².